The summed E-state index contributed by atoms with van der Waals surface area (Å²) in [6.07, 6.45) is 4.66. The molecule has 5 heteroatoms. The first kappa shape index (κ1) is 11.2. The van der Waals surface area contributed by atoms with Gasteiger partial charge >= 0.3 is 0 Å². The van der Waals surface area contributed by atoms with Gasteiger partial charge in [0.25, 0.3) is 0 Å². The molecule has 0 amide bonds. The van der Waals surface area contributed by atoms with Gasteiger partial charge < -0.3 is 4.90 Å². The number of piperazine rings is 1. The molecule has 0 unspecified atom stereocenters. The number of aromatic nitrogens is 2. The van der Waals surface area contributed by atoms with Gasteiger partial charge in [0.05, 0.1) is 12.7 Å². The van der Waals surface area contributed by atoms with Gasteiger partial charge in [-0.2, -0.15) is 0 Å². The maximum atomic E-state index is 11.8. The van der Waals surface area contributed by atoms with E-state index < -0.39 is 0 Å². The molecule has 0 bridgehead atoms. The van der Waals surface area contributed by atoms with Gasteiger partial charge in [-0.05, 0) is 7.05 Å². The predicted molar refractivity (Wildman–Crippen MR) is 60.3 cm³/mol. The van der Waals surface area contributed by atoms with Crippen LogP contribution < -0.4 is 0 Å². The Labute approximate surface area is 95.1 Å². The summed E-state index contributed by atoms with van der Waals surface area (Å²) in [5, 5.41) is 0. The van der Waals surface area contributed by atoms with Crippen LogP contribution in [0.1, 0.15) is 10.5 Å². The van der Waals surface area contributed by atoms with Crippen LogP contribution >= 0.6 is 0 Å². The molecule has 0 aliphatic carbocycles. The molecule has 0 saturated carbocycles. The first-order valence-corrected chi connectivity index (χ1v) is 5.46. The fourth-order valence-corrected chi connectivity index (χ4v) is 1.73. The molecule has 0 spiro atoms. The van der Waals surface area contributed by atoms with Crippen molar-refractivity contribution in [2.75, 3.05) is 39.8 Å². The van der Waals surface area contributed by atoms with E-state index in [1.807, 2.05) is 0 Å². The SMILES string of the molecule is CN1CCN(CC(=O)c2cnccn2)CC1. The molecule has 2 heterocycles. The Morgan fingerprint density at radius 1 is 1.31 bits per heavy atom. The topological polar surface area (TPSA) is 49.3 Å². The average Bonchev–Trinajstić information content (AvgIpc) is 2.33. The van der Waals surface area contributed by atoms with Crippen LogP contribution in [0.15, 0.2) is 18.6 Å². The minimum Gasteiger partial charge on any atom is -0.304 e. The highest BCUT2D eigenvalue weighted by Gasteiger charge is 2.17. The van der Waals surface area contributed by atoms with Gasteiger partial charge in [0, 0.05) is 38.6 Å². The Kier molecular flexibility index (Phi) is 3.58. The molecular weight excluding hydrogens is 204 g/mol. The summed E-state index contributed by atoms with van der Waals surface area (Å²) >= 11 is 0. The predicted octanol–water partition coefficient (Wildman–Crippen LogP) is -0.0933. The van der Waals surface area contributed by atoms with E-state index in [0.29, 0.717) is 12.2 Å². The molecule has 1 aromatic rings. The minimum absolute atomic E-state index is 0.0534. The van der Waals surface area contributed by atoms with E-state index in [9.17, 15) is 4.79 Å². The molecule has 1 saturated heterocycles. The maximum absolute atomic E-state index is 11.8. The summed E-state index contributed by atoms with van der Waals surface area (Å²) in [5.74, 6) is 0.0534. The molecule has 86 valence electrons. The summed E-state index contributed by atoms with van der Waals surface area (Å²) in [5.41, 5.74) is 0.460. The second kappa shape index (κ2) is 5.14. The Bertz CT molecular complexity index is 346. The molecule has 1 fully saturated rings. The molecule has 0 aromatic carbocycles. The van der Waals surface area contributed by atoms with Crippen LogP contribution in [-0.4, -0.2) is 65.3 Å². The monoisotopic (exact) mass is 220 g/mol. The lowest BCUT2D eigenvalue weighted by molar-refractivity contribution is 0.0871. The number of hydrogen-bond acceptors (Lipinski definition) is 5. The molecule has 0 atom stereocenters. The van der Waals surface area contributed by atoms with Crippen LogP contribution in [0, 0.1) is 0 Å². The third kappa shape index (κ3) is 2.84. The van der Waals surface area contributed by atoms with Crippen molar-refractivity contribution >= 4 is 5.78 Å². The molecular formula is C11H16N4O. The third-order valence-corrected chi connectivity index (χ3v) is 2.81. The van der Waals surface area contributed by atoms with Gasteiger partial charge in [-0.25, -0.2) is 4.98 Å². The Morgan fingerprint density at radius 3 is 2.69 bits per heavy atom. The van der Waals surface area contributed by atoms with Crippen LogP contribution in [0.5, 0.6) is 0 Å². The highest BCUT2D eigenvalue weighted by Crippen LogP contribution is 2.01. The van der Waals surface area contributed by atoms with E-state index in [1.54, 1.807) is 12.4 Å². The number of hydrogen-bond donors (Lipinski definition) is 0. The molecule has 1 aliphatic rings. The normalized spacial score (nSPS) is 18.6. The maximum Gasteiger partial charge on any atom is 0.196 e. The van der Waals surface area contributed by atoms with Crippen molar-refractivity contribution in [1.29, 1.82) is 0 Å². The standard InChI is InChI=1S/C11H16N4O/c1-14-4-6-15(7-5-14)9-11(16)10-8-12-2-3-13-10/h2-3,8H,4-7,9H2,1H3. The van der Waals surface area contributed by atoms with Gasteiger partial charge in [0.1, 0.15) is 5.69 Å². The zero-order chi connectivity index (χ0) is 11.4. The van der Waals surface area contributed by atoms with Gasteiger partial charge in [-0.1, -0.05) is 0 Å². The van der Waals surface area contributed by atoms with Crippen LogP contribution in [0.4, 0.5) is 0 Å². The zero-order valence-electron chi connectivity index (χ0n) is 9.46. The molecule has 1 aliphatic heterocycles. The van der Waals surface area contributed by atoms with Crippen LogP contribution in [-0.2, 0) is 0 Å². The number of nitrogens with zero attached hydrogens (tertiary/aromatic N) is 4. The van der Waals surface area contributed by atoms with E-state index in [0.717, 1.165) is 26.2 Å². The summed E-state index contributed by atoms with van der Waals surface area (Å²) in [7, 11) is 2.10. The third-order valence-electron chi connectivity index (χ3n) is 2.81. The Hall–Kier alpha value is -1.33. The number of carbonyl (C=O) groups is 1. The van der Waals surface area contributed by atoms with Crippen molar-refractivity contribution in [3.05, 3.63) is 24.3 Å². The first-order chi connectivity index (χ1) is 7.75. The highest BCUT2D eigenvalue weighted by atomic mass is 16.1. The number of ketones is 1. The molecule has 2 rings (SSSR count). The number of likely N-dealkylation sites (N-methyl/N-ethyl adjacent to an activating group) is 1. The van der Waals surface area contributed by atoms with Crippen molar-refractivity contribution in [2.24, 2.45) is 0 Å². The van der Waals surface area contributed by atoms with Crippen molar-refractivity contribution < 1.29 is 4.79 Å². The van der Waals surface area contributed by atoms with Crippen LogP contribution in [0.2, 0.25) is 0 Å². The fraction of sp³-hybridized carbons (Fsp3) is 0.545. The Morgan fingerprint density at radius 2 is 2.06 bits per heavy atom. The molecule has 16 heavy (non-hydrogen) atoms. The van der Waals surface area contributed by atoms with E-state index >= 15 is 0 Å². The first-order valence-electron chi connectivity index (χ1n) is 5.46. The van der Waals surface area contributed by atoms with E-state index in [-0.39, 0.29) is 5.78 Å². The van der Waals surface area contributed by atoms with E-state index in [2.05, 4.69) is 26.8 Å². The molecule has 5 nitrogen and oxygen atoms in total. The molecule has 0 radical (unpaired) electrons. The van der Waals surface area contributed by atoms with Gasteiger partial charge in [-0.15, -0.1) is 0 Å². The second-order valence-electron chi connectivity index (χ2n) is 4.09. The van der Waals surface area contributed by atoms with Crippen LogP contribution in [0.25, 0.3) is 0 Å². The summed E-state index contributed by atoms with van der Waals surface area (Å²) in [6, 6.07) is 0. The number of carbonyl (C=O) groups excluding carboxylic acids is 1. The molecule has 1 aromatic heterocycles. The van der Waals surface area contributed by atoms with E-state index in [4.69, 9.17) is 0 Å². The van der Waals surface area contributed by atoms with E-state index in [1.165, 1.54) is 6.20 Å². The summed E-state index contributed by atoms with van der Waals surface area (Å²) < 4.78 is 0. The second-order valence-corrected chi connectivity index (χ2v) is 4.09. The lowest BCUT2D eigenvalue weighted by Gasteiger charge is -2.31. The lowest BCUT2D eigenvalue weighted by Crippen LogP contribution is -2.46. The highest BCUT2D eigenvalue weighted by molar-refractivity contribution is 5.95. The average molecular weight is 220 g/mol. The smallest absolute Gasteiger partial charge is 0.196 e. The number of Topliss-reactive ketones (excluding diaryl/α,β-unsaturated/α-hetero) is 1. The molecule has 0 N–H and O–H groups in total. The Balaban J connectivity index is 1.88. The van der Waals surface area contributed by atoms with Gasteiger partial charge in [0.15, 0.2) is 5.78 Å². The van der Waals surface area contributed by atoms with Crippen molar-refractivity contribution in [3.63, 3.8) is 0 Å². The quantitative estimate of drug-likeness (QED) is 0.666. The zero-order valence-corrected chi connectivity index (χ0v) is 9.46. The lowest BCUT2D eigenvalue weighted by atomic mass is 10.2. The fourth-order valence-electron chi connectivity index (χ4n) is 1.73. The number of rotatable bonds is 3. The van der Waals surface area contributed by atoms with Crippen molar-refractivity contribution in [2.45, 2.75) is 0 Å². The van der Waals surface area contributed by atoms with Gasteiger partial charge in [0.2, 0.25) is 0 Å². The minimum atomic E-state index is 0.0534. The summed E-state index contributed by atoms with van der Waals surface area (Å²) in [4.78, 5) is 24.2. The summed E-state index contributed by atoms with van der Waals surface area (Å²) in [6.45, 7) is 4.39. The van der Waals surface area contributed by atoms with Crippen molar-refractivity contribution in [1.82, 2.24) is 19.8 Å². The van der Waals surface area contributed by atoms with Crippen LogP contribution in [0.3, 0.4) is 0 Å². The van der Waals surface area contributed by atoms with Crippen molar-refractivity contribution in [3.8, 4) is 0 Å². The van der Waals surface area contributed by atoms with Gasteiger partial charge in [-0.3, -0.25) is 14.7 Å². The largest absolute Gasteiger partial charge is 0.304 e.